The predicted molar refractivity (Wildman–Crippen MR) is 69.5 cm³/mol. The monoisotopic (exact) mass is 245 g/mol. The van der Waals surface area contributed by atoms with Crippen LogP contribution in [0.2, 0.25) is 0 Å². The lowest BCUT2D eigenvalue weighted by Crippen LogP contribution is -2.12. The topological polar surface area (TPSA) is 76.7 Å². The van der Waals surface area contributed by atoms with E-state index >= 15 is 0 Å². The minimum absolute atomic E-state index is 0.244. The third-order valence-electron chi connectivity index (χ3n) is 2.08. The number of aromatic nitrogens is 3. The maximum Gasteiger partial charge on any atom is 0.144 e. The van der Waals surface area contributed by atoms with Gasteiger partial charge in [0, 0.05) is 6.20 Å². The number of hydrogen-bond donors (Lipinski definition) is 2. The van der Waals surface area contributed by atoms with Gasteiger partial charge in [-0.1, -0.05) is 18.3 Å². The fraction of sp³-hybridized carbons (Fsp3) is 0.0909. The van der Waals surface area contributed by atoms with Gasteiger partial charge in [-0.05, 0) is 12.1 Å². The molecule has 2 aromatic heterocycles. The van der Waals surface area contributed by atoms with Crippen LogP contribution >= 0.6 is 12.2 Å². The van der Waals surface area contributed by atoms with Crippen molar-refractivity contribution in [2.45, 2.75) is 6.54 Å². The quantitative estimate of drug-likeness (QED) is 0.786. The number of nitrogens with one attached hydrogen (secondary N) is 1. The maximum atomic E-state index is 5.43. The first kappa shape index (κ1) is 11.4. The van der Waals surface area contributed by atoms with E-state index in [1.165, 1.54) is 0 Å². The van der Waals surface area contributed by atoms with Gasteiger partial charge in [-0.25, -0.2) is 9.97 Å². The van der Waals surface area contributed by atoms with Crippen LogP contribution in [0.3, 0.4) is 0 Å². The molecule has 6 heteroatoms. The standard InChI is InChI=1S/C11H11N5S/c12-11(17)9-6-16-10(7-14-9)15-5-8-3-1-2-4-13-8/h1-4,6-7H,5H2,(H2,12,17)(H,15,16). The molecular weight excluding hydrogens is 234 g/mol. The van der Waals surface area contributed by atoms with Crippen LogP contribution in [0.25, 0.3) is 0 Å². The second-order valence-electron chi connectivity index (χ2n) is 3.33. The van der Waals surface area contributed by atoms with E-state index in [4.69, 9.17) is 18.0 Å². The maximum absolute atomic E-state index is 5.43. The average Bonchev–Trinajstić information content (AvgIpc) is 2.38. The van der Waals surface area contributed by atoms with Gasteiger partial charge < -0.3 is 11.1 Å². The molecule has 0 radical (unpaired) electrons. The van der Waals surface area contributed by atoms with Gasteiger partial charge in [0.2, 0.25) is 0 Å². The van der Waals surface area contributed by atoms with Crippen LogP contribution in [-0.2, 0) is 6.54 Å². The lowest BCUT2D eigenvalue weighted by Gasteiger charge is -2.04. The van der Waals surface area contributed by atoms with Crippen LogP contribution in [0.5, 0.6) is 0 Å². The first-order valence-electron chi connectivity index (χ1n) is 5.01. The van der Waals surface area contributed by atoms with Crippen molar-refractivity contribution in [1.82, 2.24) is 15.0 Å². The van der Waals surface area contributed by atoms with E-state index in [0.717, 1.165) is 5.69 Å². The fourth-order valence-electron chi connectivity index (χ4n) is 1.23. The Hall–Kier alpha value is -2.08. The fourth-order valence-corrected chi connectivity index (χ4v) is 1.34. The summed E-state index contributed by atoms with van der Waals surface area (Å²) in [6.45, 7) is 0.599. The van der Waals surface area contributed by atoms with Gasteiger partial charge in [0.05, 0.1) is 24.6 Å². The van der Waals surface area contributed by atoms with Crippen LogP contribution in [0.1, 0.15) is 11.4 Å². The van der Waals surface area contributed by atoms with Gasteiger partial charge in [0.1, 0.15) is 16.5 Å². The molecular formula is C11H11N5S. The second-order valence-corrected chi connectivity index (χ2v) is 3.77. The average molecular weight is 245 g/mol. The molecule has 2 rings (SSSR count). The SMILES string of the molecule is NC(=S)c1cnc(NCc2ccccn2)cn1. The van der Waals surface area contributed by atoms with E-state index in [-0.39, 0.29) is 4.99 Å². The minimum atomic E-state index is 0.244. The van der Waals surface area contributed by atoms with Gasteiger partial charge in [-0.15, -0.1) is 0 Å². The summed E-state index contributed by atoms with van der Waals surface area (Å²) in [6, 6.07) is 5.75. The zero-order valence-corrected chi connectivity index (χ0v) is 9.81. The molecule has 0 atom stereocenters. The highest BCUT2D eigenvalue weighted by Gasteiger charge is 1.99. The highest BCUT2D eigenvalue weighted by atomic mass is 32.1. The van der Waals surface area contributed by atoms with Crippen molar-refractivity contribution in [3.8, 4) is 0 Å². The van der Waals surface area contributed by atoms with Gasteiger partial charge in [0.15, 0.2) is 0 Å². The Bertz CT molecular complexity index is 497. The largest absolute Gasteiger partial charge is 0.388 e. The second kappa shape index (κ2) is 5.31. The Morgan fingerprint density at radius 2 is 2.12 bits per heavy atom. The molecule has 0 spiro atoms. The first-order valence-corrected chi connectivity index (χ1v) is 5.42. The third kappa shape index (κ3) is 3.18. The normalized spacial score (nSPS) is 9.88. The Balaban J connectivity index is 1.98. The summed E-state index contributed by atoms with van der Waals surface area (Å²) in [7, 11) is 0. The van der Waals surface area contributed by atoms with E-state index in [0.29, 0.717) is 18.1 Å². The molecule has 0 amide bonds. The predicted octanol–water partition coefficient (Wildman–Crippen LogP) is 1.12. The molecule has 86 valence electrons. The number of nitrogens with two attached hydrogens (primary N) is 1. The minimum Gasteiger partial charge on any atom is -0.388 e. The summed E-state index contributed by atoms with van der Waals surface area (Å²) >= 11 is 4.79. The number of hydrogen-bond acceptors (Lipinski definition) is 5. The summed E-state index contributed by atoms with van der Waals surface area (Å²) < 4.78 is 0. The van der Waals surface area contributed by atoms with Crippen LogP contribution < -0.4 is 11.1 Å². The van der Waals surface area contributed by atoms with Crippen molar-refractivity contribution >= 4 is 23.0 Å². The molecule has 0 saturated carbocycles. The van der Waals surface area contributed by atoms with Gasteiger partial charge in [0.25, 0.3) is 0 Å². The molecule has 0 aliphatic heterocycles. The van der Waals surface area contributed by atoms with Crippen molar-refractivity contribution < 1.29 is 0 Å². The van der Waals surface area contributed by atoms with Crippen LogP contribution in [0.4, 0.5) is 5.82 Å². The molecule has 0 fully saturated rings. The lowest BCUT2D eigenvalue weighted by molar-refractivity contribution is 1.02. The van der Waals surface area contributed by atoms with Crippen LogP contribution in [-0.4, -0.2) is 19.9 Å². The highest BCUT2D eigenvalue weighted by Crippen LogP contribution is 2.03. The van der Waals surface area contributed by atoms with Gasteiger partial charge >= 0.3 is 0 Å². The molecule has 17 heavy (non-hydrogen) atoms. The number of thiocarbonyl (C=S) groups is 1. The Morgan fingerprint density at radius 1 is 1.24 bits per heavy atom. The third-order valence-corrected chi connectivity index (χ3v) is 2.29. The molecule has 2 heterocycles. The van der Waals surface area contributed by atoms with Gasteiger partial charge in [-0.3, -0.25) is 4.98 Å². The van der Waals surface area contributed by atoms with Gasteiger partial charge in [-0.2, -0.15) is 0 Å². The molecule has 0 aliphatic carbocycles. The van der Waals surface area contributed by atoms with E-state index in [9.17, 15) is 0 Å². The van der Waals surface area contributed by atoms with E-state index in [2.05, 4.69) is 20.3 Å². The summed E-state index contributed by atoms with van der Waals surface area (Å²) in [5.74, 6) is 0.663. The summed E-state index contributed by atoms with van der Waals surface area (Å²) in [5, 5.41) is 3.11. The molecule has 3 N–H and O–H groups in total. The van der Waals surface area contributed by atoms with Crippen molar-refractivity contribution in [3.63, 3.8) is 0 Å². The van der Waals surface area contributed by atoms with E-state index in [1.807, 2.05) is 18.2 Å². The first-order chi connectivity index (χ1) is 8.25. The number of pyridine rings is 1. The zero-order chi connectivity index (χ0) is 12.1. The molecule has 0 aromatic carbocycles. The van der Waals surface area contributed by atoms with Crippen molar-refractivity contribution in [2.75, 3.05) is 5.32 Å². The van der Waals surface area contributed by atoms with Crippen LogP contribution in [0.15, 0.2) is 36.8 Å². The van der Waals surface area contributed by atoms with Crippen LogP contribution in [0, 0.1) is 0 Å². The zero-order valence-electron chi connectivity index (χ0n) is 9.00. The van der Waals surface area contributed by atoms with Crippen molar-refractivity contribution in [1.29, 1.82) is 0 Å². The van der Waals surface area contributed by atoms with Crippen molar-refractivity contribution in [3.05, 3.63) is 48.2 Å². The Labute approximate surface area is 104 Å². The lowest BCUT2D eigenvalue weighted by atomic mass is 10.3. The molecule has 2 aromatic rings. The highest BCUT2D eigenvalue weighted by molar-refractivity contribution is 7.80. The molecule has 0 unspecified atom stereocenters. The summed E-state index contributed by atoms with van der Waals surface area (Å²) in [5.41, 5.74) is 6.88. The summed E-state index contributed by atoms with van der Waals surface area (Å²) in [4.78, 5) is 12.7. The molecule has 0 bridgehead atoms. The molecule has 0 aliphatic rings. The van der Waals surface area contributed by atoms with Crippen molar-refractivity contribution in [2.24, 2.45) is 5.73 Å². The number of rotatable bonds is 4. The summed E-state index contributed by atoms with van der Waals surface area (Å²) in [6.07, 6.45) is 4.89. The Morgan fingerprint density at radius 3 is 2.71 bits per heavy atom. The smallest absolute Gasteiger partial charge is 0.144 e. The number of anilines is 1. The molecule has 0 saturated heterocycles. The number of nitrogens with zero attached hydrogens (tertiary/aromatic N) is 3. The Kier molecular flexibility index (Phi) is 3.56. The van der Waals surface area contributed by atoms with E-state index < -0.39 is 0 Å². The molecule has 5 nitrogen and oxygen atoms in total. The van der Waals surface area contributed by atoms with E-state index in [1.54, 1.807) is 18.6 Å².